The number of nitrogens with zero attached hydrogens (tertiary/aromatic N) is 2. The molecule has 0 saturated heterocycles. The first-order valence-electron chi connectivity index (χ1n) is 11.5. The number of para-hydroxylation sites is 1. The van der Waals surface area contributed by atoms with Crippen LogP contribution in [0.4, 0.5) is 0 Å². The second-order valence-electron chi connectivity index (χ2n) is 9.76. The maximum atomic E-state index is 13.2. The lowest BCUT2D eigenvalue weighted by Crippen LogP contribution is -2.52. The smallest absolute Gasteiger partial charge is 0.231 e. The van der Waals surface area contributed by atoms with E-state index in [0.29, 0.717) is 18.7 Å². The van der Waals surface area contributed by atoms with E-state index in [1.54, 1.807) is 6.92 Å². The summed E-state index contributed by atoms with van der Waals surface area (Å²) in [6, 6.07) is 6.86. The summed E-state index contributed by atoms with van der Waals surface area (Å²) < 4.78 is 5.66. The summed E-state index contributed by atoms with van der Waals surface area (Å²) in [7, 11) is 0. The molecule has 2 aliphatic heterocycles. The van der Waals surface area contributed by atoms with Crippen LogP contribution in [0.1, 0.15) is 58.6 Å². The number of hydrogen-bond donors (Lipinski definition) is 3. The Morgan fingerprint density at radius 3 is 2.69 bits per heavy atom. The number of ether oxygens (including phenoxy) is 1. The number of carbonyl (C=O) groups excluding carboxylic acids is 2. The molecule has 1 aromatic rings. The zero-order chi connectivity index (χ0) is 23.3. The topological polar surface area (TPSA) is 117 Å². The summed E-state index contributed by atoms with van der Waals surface area (Å²) in [4.78, 5) is 32.2. The molecule has 32 heavy (non-hydrogen) atoms. The Bertz CT molecular complexity index is 940. The van der Waals surface area contributed by atoms with Gasteiger partial charge in [-0.25, -0.2) is 4.99 Å². The minimum atomic E-state index is -1.22. The van der Waals surface area contributed by atoms with E-state index in [2.05, 4.69) is 10.3 Å². The number of amides is 2. The first-order valence-corrected chi connectivity index (χ1v) is 11.5. The number of carbonyl (C=O) groups is 2. The van der Waals surface area contributed by atoms with Crippen molar-refractivity contribution in [3.8, 4) is 5.75 Å². The average molecular weight is 443 g/mol. The lowest BCUT2D eigenvalue weighted by Gasteiger charge is -2.38. The molecule has 0 radical (unpaired) electrons. The monoisotopic (exact) mass is 442 g/mol. The van der Waals surface area contributed by atoms with E-state index in [1.165, 1.54) is 4.90 Å². The van der Waals surface area contributed by atoms with Crippen LogP contribution in [0.25, 0.3) is 0 Å². The molecular formula is C24H34N4O4. The largest absolute Gasteiger partial charge is 0.490 e. The summed E-state index contributed by atoms with van der Waals surface area (Å²) >= 11 is 0. The van der Waals surface area contributed by atoms with Crippen molar-refractivity contribution in [2.75, 3.05) is 13.2 Å². The van der Waals surface area contributed by atoms with Crippen LogP contribution in [0, 0.1) is 17.8 Å². The third-order valence-electron chi connectivity index (χ3n) is 7.64. The highest BCUT2D eigenvalue weighted by Crippen LogP contribution is 2.48. The van der Waals surface area contributed by atoms with Gasteiger partial charge in [-0.2, -0.15) is 0 Å². The summed E-state index contributed by atoms with van der Waals surface area (Å²) in [6.07, 6.45) is 1.88. The molecule has 174 valence electrons. The zero-order valence-electron chi connectivity index (χ0n) is 19.3. The third kappa shape index (κ3) is 3.85. The average Bonchev–Trinajstić information content (AvgIpc) is 3.41. The predicted molar refractivity (Wildman–Crippen MR) is 121 cm³/mol. The van der Waals surface area contributed by atoms with Gasteiger partial charge in [0.2, 0.25) is 11.8 Å². The van der Waals surface area contributed by atoms with Gasteiger partial charge in [-0.05, 0) is 37.7 Å². The second kappa shape index (κ2) is 8.06. The van der Waals surface area contributed by atoms with Crippen LogP contribution in [0.5, 0.6) is 5.75 Å². The molecule has 8 nitrogen and oxygen atoms in total. The fraction of sp³-hybridized carbons (Fsp3) is 0.625. The molecule has 3 aliphatic rings. The summed E-state index contributed by atoms with van der Waals surface area (Å²) in [6.45, 7) is 8.21. The quantitative estimate of drug-likeness (QED) is 0.623. The van der Waals surface area contributed by atoms with Crippen molar-refractivity contribution in [1.82, 2.24) is 10.2 Å². The van der Waals surface area contributed by atoms with Gasteiger partial charge in [-0.15, -0.1) is 0 Å². The number of guanidine groups is 1. The van der Waals surface area contributed by atoms with Gasteiger partial charge >= 0.3 is 0 Å². The minimum Gasteiger partial charge on any atom is -0.490 e. The van der Waals surface area contributed by atoms with E-state index in [-0.39, 0.29) is 42.1 Å². The van der Waals surface area contributed by atoms with Crippen LogP contribution in [0.3, 0.4) is 0 Å². The molecule has 4 N–H and O–H groups in total. The van der Waals surface area contributed by atoms with Crippen molar-refractivity contribution >= 4 is 17.8 Å². The predicted octanol–water partition coefficient (Wildman–Crippen LogP) is 1.98. The van der Waals surface area contributed by atoms with Gasteiger partial charge in [-0.1, -0.05) is 39.0 Å². The van der Waals surface area contributed by atoms with Gasteiger partial charge in [-0.3, -0.25) is 14.5 Å². The summed E-state index contributed by atoms with van der Waals surface area (Å²) in [5, 5.41) is 13.9. The number of rotatable bonds is 6. The van der Waals surface area contributed by atoms with Crippen LogP contribution < -0.4 is 15.8 Å². The van der Waals surface area contributed by atoms with E-state index in [4.69, 9.17) is 10.5 Å². The van der Waals surface area contributed by atoms with E-state index in [1.807, 2.05) is 45.0 Å². The summed E-state index contributed by atoms with van der Waals surface area (Å²) in [5.41, 5.74) is 5.32. The minimum absolute atomic E-state index is 0.00323. The maximum absolute atomic E-state index is 13.2. The standard InChI is InChI=1S/C24H34N4O4/c1-5-24(6-2)11-18(29)28(22(25)27-24)12-16-14(3)19(16)21(30)26-20-15-9-7-8-10-17(15)32-13-23(20,4)31/h7-10,14,16,19-20,31H,5-6,11-13H2,1-4H3,(H2,25,27)(H,26,30)/t14?,16?,19?,20-,23-/m1/s1. The molecule has 0 bridgehead atoms. The number of nitrogens with one attached hydrogen (secondary N) is 1. The molecule has 5 atom stereocenters. The fourth-order valence-corrected chi connectivity index (χ4v) is 5.13. The van der Waals surface area contributed by atoms with Crippen molar-refractivity contribution < 1.29 is 19.4 Å². The molecule has 8 heteroatoms. The Balaban J connectivity index is 1.45. The van der Waals surface area contributed by atoms with E-state index < -0.39 is 17.2 Å². The second-order valence-corrected chi connectivity index (χ2v) is 9.76. The fourth-order valence-electron chi connectivity index (χ4n) is 5.13. The Morgan fingerprint density at radius 1 is 1.34 bits per heavy atom. The molecule has 1 saturated carbocycles. The van der Waals surface area contributed by atoms with Crippen molar-refractivity contribution in [3.05, 3.63) is 29.8 Å². The number of fused-ring (bicyclic) bond motifs is 1. The normalized spacial score (nSPS) is 33.1. The number of aliphatic imine (C=N–C) groups is 1. The Labute approximate surface area is 189 Å². The van der Waals surface area contributed by atoms with E-state index in [0.717, 1.165) is 18.4 Å². The molecule has 1 aliphatic carbocycles. The molecule has 1 fully saturated rings. The van der Waals surface area contributed by atoms with Crippen LogP contribution >= 0.6 is 0 Å². The Morgan fingerprint density at radius 2 is 2.03 bits per heavy atom. The highest BCUT2D eigenvalue weighted by atomic mass is 16.5. The molecule has 0 spiro atoms. The van der Waals surface area contributed by atoms with Gasteiger partial charge in [0.05, 0.1) is 18.0 Å². The summed E-state index contributed by atoms with van der Waals surface area (Å²) in [5.74, 6) is 0.641. The highest BCUT2D eigenvalue weighted by Gasteiger charge is 2.54. The Hall–Kier alpha value is -2.61. The Kier molecular flexibility index (Phi) is 5.69. The van der Waals surface area contributed by atoms with Crippen LogP contribution in [-0.2, 0) is 9.59 Å². The van der Waals surface area contributed by atoms with Gasteiger partial charge < -0.3 is 20.9 Å². The molecule has 2 amide bonds. The number of benzene rings is 1. The first kappa shape index (κ1) is 22.6. The van der Waals surface area contributed by atoms with Crippen molar-refractivity contribution in [2.45, 2.75) is 64.1 Å². The third-order valence-corrected chi connectivity index (χ3v) is 7.64. The number of hydrogen-bond acceptors (Lipinski definition) is 6. The van der Waals surface area contributed by atoms with Crippen molar-refractivity contribution in [2.24, 2.45) is 28.5 Å². The highest BCUT2D eigenvalue weighted by molar-refractivity contribution is 5.99. The van der Waals surface area contributed by atoms with Crippen LogP contribution in [0.2, 0.25) is 0 Å². The van der Waals surface area contributed by atoms with E-state index >= 15 is 0 Å². The molecule has 2 heterocycles. The SMILES string of the molecule is CCC1(CC)CC(=O)N(CC2C(C)C2C(=O)N[C@@H]2c3ccccc3OC[C@@]2(C)O)C(N)=N1. The number of nitrogens with two attached hydrogens (primary N) is 1. The molecule has 0 aromatic heterocycles. The van der Waals surface area contributed by atoms with Gasteiger partial charge in [0.25, 0.3) is 0 Å². The molecule has 3 unspecified atom stereocenters. The van der Waals surface area contributed by atoms with Gasteiger partial charge in [0, 0.05) is 18.0 Å². The lowest BCUT2D eigenvalue weighted by atomic mass is 9.87. The first-order chi connectivity index (χ1) is 15.1. The van der Waals surface area contributed by atoms with Crippen LogP contribution in [0.15, 0.2) is 29.3 Å². The number of aliphatic hydroxyl groups is 1. The maximum Gasteiger partial charge on any atom is 0.231 e. The van der Waals surface area contributed by atoms with Gasteiger partial charge in [0.1, 0.15) is 18.0 Å². The lowest BCUT2D eigenvalue weighted by molar-refractivity contribution is -0.131. The molecular weight excluding hydrogens is 408 g/mol. The van der Waals surface area contributed by atoms with Crippen molar-refractivity contribution in [3.63, 3.8) is 0 Å². The van der Waals surface area contributed by atoms with Crippen molar-refractivity contribution in [1.29, 1.82) is 0 Å². The molecule has 4 rings (SSSR count). The van der Waals surface area contributed by atoms with Gasteiger partial charge in [0.15, 0.2) is 5.96 Å². The van der Waals surface area contributed by atoms with E-state index in [9.17, 15) is 14.7 Å². The zero-order valence-corrected chi connectivity index (χ0v) is 19.3. The molecule has 1 aromatic carbocycles. The van der Waals surface area contributed by atoms with Crippen LogP contribution in [-0.4, -0.2) is 52.1 Å².